The Bertz CT molecular complexity index is 744. The third-order valence-electron chi connectivity index (χ3n) is 3.36. The quantitative estimate of drug-likeness (QED) is 0.695. The van der Waals surface area contributed by atoms with E-state index in [4.69, 9.17) is 9.47 Å². The second-order valence-electron chi connectivity index (χ2n) is 5.46. The smallest absolute Gasteiger partial charge is 0.338 e. The highest BCUT2D eigenvalue weighted by Crippen LogP contribution is 2.20. The van der Waals surface area contributed by atoms with Crippen molar-refractivity contribution in [3.05, 3.63) is 58.1 Å². The van der Waals surface area contributed by atoms with Crippen LogP contribution in [0.1, 0.15) is 29.3 Å². The molecule has 0 bridgehead atoms. The van der Waals surface area contributed by atoms with Crippen molar-refractivity contribution < 1.29 is 19.1 Å². The Kier molecular flexibility index (Phi) is 7.01. The summed E-state index contributed by atoms with van der Waals surface area (Å²) < 4.78 is 11.4. The topological polar surface area (TPSA) is 64.6 Å². The maximum Gasteiger partial charge on any atom is 0.338 e. The molecule has 2 aromatic carbocycles. The Morgan fingerprint density at radius 3 is 2.48 bits per heavy atom. The van der Waals surface area contributed by atoms with Crippen molar-refractivity contribution in [3.8, 4) is 5.75 Å². The van der Waals surface area contributed by atoms with Gasteiger partial charge in [0.05, 0.1) is 12.2 Å². The fraction of sp³-hybridized carbons (Fsp3) is 0.263. The Morgan fingerprint density at radius 2 is 1.84 bits per heavy atom. The van der Waals surface area contributed by atoms with Gasteiger partial charge in [0.15, 0.2) is 6.61 Å². The van der Waals surface area contributed by atoms with Crippen molar-refractivity contribution in [3.63, 3.8) is 0 Å². The Morgan fingerprint density at radius 1 is 1.12 bits per heavy atom. The van der Waals surface area contributed by atoms with Gasteiger partial charge in [0, 0.05) is 10.2 Å². The fourth-order valence-corrected chi connectivity index (χ4v) is 2.55. The van der Waals surface area contributed by atoms with Crippen LogP contribution in [0.15, 0.2) is 46.9 Å². The molecule has 0 aliphatic rings. The van der Waals surface area contributed by atoms with E-state index in [1.54, 1.807) is 30.3 Å². The normalized spacial score (nSPS) is 10.2. The number of nitrogens with one attached hydrogen (secondary N) is 1. The SMILES string of the molecule is CCCOc1ccc(C(=O)OCC(=O)Nc2ccc(Br)cc2C)cc1. The summed E-state index contributed by atoms with van der Waals surface area (Å²) in [4.78, 5) is 23.9. The molecule has 0 unspecified atom stereocenters. The van der Waals surface area contributed by atoms with Crippen LogP contribution in [-0.4, -0.2) is 25.1 Å². The fourth-order valence-electron chi connectivity index (χ4n) is 2.08. The molecule has 25 heavy (non-hydrogen) atoms. The van der Waals surface area contributed by atoms with Crippen LogP contribution in [0.4, 0.5) is 5.69 Å². The van der Waals surface area contributed by atoms with Crippen molar-refractivity contribution in [1.29, 1.82) is 0 Å². The highest BCUT2D eigenvalue weighted by atomic mass is 79.9. The number of amides is 1. The number of ether oxygens (including phenoxy) is 2. The van der Waals surface area contributed by atoms with Crippen molar-refractivity contribution in [2.24, 2.45) is 0 Å². The molecule has 132 valence electrons. The molecule has 0 saturated carbocycles. The van der Waals surface area contributed by atoms with E-state index in [2.05, 4.69) is 21.2 Å². The van der Waals surface area contributed by atoms with Gasteiger partial charge in [0.1, 0.15) is 5.75 Å². The van der Waals surface area contributed by atoms with E-state index in [0.29, 0.717) is 23.6 Å². The van der Waals surface area contributed by atoms with E-state index in [-0.39, 0.29) is 12.5 Å². The van der Waals surface area contributed by atoms with Crippen molar-refractivity contribution >= 4 is 33.5 Å². The number of carbonyl (C=O) groups excluding carboxylic acids is 2. The third kappa shape index (κ3) is 5.90. The van der Waals surface area contributed by atoms with Crippen LogP contribution >= 0.6 is 15.9 Å². The average Bonchev–Trinajstić information content (AvgIpc) is 2.60. The number of hydrogen-bond donors (Lipinski definition) is 1. The minimum Gasteiger partial charge on any atom is -0.494 e. The molecule has 0 aliphatic heterocycles. The van der Waals surface area contributed by atoms with Crippen molar-refractivity contribution in [1.82, 2.24) is 0 Å². The second-order valence-corrected chi connectivity index (χ2v) is 6.37. The summed E-state index contributed by atoms with van der Waals surface area (Å²) in [6.07, 6.45) is 0.913. The molecule has 0 aromatic heterocycles. The number of benzene rings is 2. The number of carbonyl (C=O) groups is 2. The molecule has 0 fully saturated rings. The first-order chi connectivity index (χ1) is 12.0. The molecule has 0 spiro atoms. The van der Waals surface area contributed by atoms with Gasteiger partial charge in [0.2, 0.25) is 0 Å². The number of esters is 1. The number of hydrogen-bond acceptors (Lipinski definition) is 4. The Balaban J connectivity index is 1.85. The highest BCUT2D eigenvalue weighted by Gasteiger charge is 2.11. The van der Waals surface area contributed by atoms with Gasteiger partial charge in [-0.25, -0.2) is 4.79 Å². The van der Waals surface area contributed by atoms with Gasteiger partial charge in [-0.05, 0) is 61.4 Å². The lowest BCUT2D eigenvalue weighted by molar-refractivity contribution is -0.119. The van der Waals surface area contributed by atoms with Crippen molar-refractivity contribution in [2.75, 3.05) is 18.5 Å². The third-order valence-corrected chi connectivity index (χ3v) is 3.85. The standard InChI is InChI=1S/C19H20BrNO4/c1-3-10-24-16-7-4-14(5-8-16)19(23)25-12-18(22)21-17-9-6-15(20)11-13(17)2/h4-9,11H,3,10,12H2,1-2H3,(H,21,22). The van der Waals surface area contributed by atoms with Crippen LogP contribution in [0.3, 0.4) is 0 Å². The summed E-state index contributed by atoms with van der Waals surface area (Å²) in [5.41, 5.74) is 1.97. The number of halogens is 1. The van der Waals surface area contributed by atoms with Gasteiger partial charge in [-0.15, -0.1) is 0 Å². The van der Waals surface area contributed by atoms with E-state index >= 15 is 0 Å². The summed E-state index contributed by atoms with van der Waals surface area (Å²) in [6, 6.07) is 12.2. The lowest BCUT2D eigenvalue weighted by Crippen LogP contribution is -2.21. The molecule has 2 rings (SSSR count). The maximum atomic E-state index is 12.0. The van der Waals surface area contributed by atoms with Crippen LogP contribution in [0.2, 0.25) is 0 Å². The highest BCUT2D eigenvalue weighted by molar-refractivity contribution is 9.10. The van der Waals surface area contributed by atoms with Gasteiger partial charge in [-0.3, -0.25) is 4.79 Å². The summed E-state index contributed by atoms with van der Waals surface area (Å²) in [5.74, 6) is -0.242. The van der Waals surface area contributed by atoms with E-state index in [1.165, 1.54) is 0 Å². The monoisotopic (exact) mass is 405 g/mol. The van der Waals surface area contributed by atoms with Gasteiger partial charge < -0.3 is 14.8 Å². The first kappa shape index (κ1) is 19.0. The Labute approximate surface area is 155 Å². The number of anilines is 1. The van der Waals surface area contributed by atoms with E-state index in [0.717, 1.165) is 16.5 Å². The van der Waals surface area contributed by atoms with Gasteiger partial charge in [-0.1, -0.05) is 22.9 Å². The Hall–Kier alpha value is -2.34. The molecule has 0 saturated heterocycles. The lowest BCUT2D eigenvalue weighted by atomic mass is 10.2. The van der Waals surface area contributed by atoms with Crippen LogP contribution in [0.25, 0.3) is 0 Å². The zero-order chi connectivity index (χ0) is 18.2. The predicted octanol–water partition coefficient (Wildman–Crippen LogP) is 4.34. The van der Waals surface area contributed by atoms with Crippen LogP contribution in [0, 0.1) is 6.92 Å². The molecule has 1 amide bonds. The molecule has 6 heteroatoms. The van der Waals surface area contributed by atoms with E-state index in [9.17, 15) is 9.59 Å². The summed E-state index contributed by atoms with van der Waals surface area (Å²) in [5, 5.41) is 2.72. The maximum absolute atomic E-state index is 12.0. The molecule has 2 aromatic rings. The molecule has 0 atom stereocenters. The molecule has 0 radical (unpaired) electrons. The van der Waals surface area contributed by atoms with Crippen LogP contribution < -0.4 is 10.1 Å². The molecule has 5 nitrogen and oxygen atoms in total. The average molecular weight is 406 g/mol. The van der Waals surface area contributed by atoms with Gasteiger partial charge in [0.25, 0.3) is 5.91 Å². The second kappa shape index (κ2) is 9.22. The lowest BCUT2D eigenvalue weighted by Gasteiger charge is -2.09. The molecule has 0 aliphatic carbocycles. The minimum atomic E-state index is -0.551. The molecular formula is C19H20BrNO4. The van der Waals surface area contributed by atoms with Crippen LogP contribution in [-0.2, 0) is 9.53 Å². The first-order valence-electron chi connectivity index (χ1n) is 7.95. The minimum absolute atomic E-state index is 0.345. The summed E-state index contributed by atoms with van der Waals surface area (Å²) in [6.45, 7) is 4.18. The van der Waals surface area contributed by atoms with Gasteiger partial charge in [-0.2, -0.15) is 0 Å². The zero-order valence-corrected chi connectivity index (χ0v) is 15.8. The van der Waals surface area contributed by atoms with E-state index in [1.807, 2.05) is 26.0 Å². The largest absolute Gasteiger partial charge is 0.494 e. The number of aryl methyl sites for hydroxylation is 1. The van der Waals surface area contributed by atoms with Gasteiger partial charge >= 0.3 is 5.97 Å². The van der Waals surface area contributed by atoms with Crippen LogP contribution in [0.5, 0.6) is 5.75 Å². The summed E-state index contributed by atoms with van der Waals surface area (Å²) in [7, 11) is 0. The summed E-state index contributed by atoms with van der Waals surface area (Å²) >= 11 is 3.37. The van der Waals surface area contributed by atoms with Crippen molar-refractivity contribution in [2.45, 2.75) is 20.3 Å². The zero-order valence-electron chi connectivity index (χ0n) is 14.2. The number of rotatable bonds is 7. The molecule has 0 heterocycles. The first-order valence-corrected chi connectivity index (χ1v) is 8.75. The predicted molar refractivity (Wildman–Crippen MR) is 100 cm³/mol. The molecular weight excluding hydrogens is 386 g/mol. The van der Waals surface area contributed by atoms with E-state index < -0.39 is 5.97 Å². The molecule has 1 N–H and O–H groups in total.